The Labute approximate surface area is 133 Å². The molecule has 0 aliphatic rings. The number of anilines is 2. The number of aromatic nitrogens is 2. The molecule has 0 saturated heterocycles. The number of pyridine rings is 1. The zero-order chi connectivity index (χ0) is 15.7. The molecule has 112 valence electrons. The Kier molecular flexibility index (Phi) is 3.84. The van der Waals surface area contributed by atoms with Gasteiger partial charge in [-0.05, 0) is 18.2 Å². The molecule has 0 saturated carbocycles. The van der Waals surface area contributed by atoms with Gasteiger partial charge in [-0.2, -0.15) is 4.98 Å². The average molecular weight is 339 g/mol. The summed E-state index contributed by atoms with van der Waals surface area (Å²) in [5.41, 5.74) is 2.76. The monoisotopic (exact) mass is 338 g/mol. The van der Waals surface area contributed by atoms with Crippen molar-refractivity contribution in [3.05, 3.63) is 46.1 Å². The summed E-state index contributed by atoms with van der Waals surface area (Å²) in [4.78, 5) is 19.6. The van der Waals surface area contributed by atoms with Crippen LogP contribution in [0, 0.1) is 0 Å². The summed E-state index contributed by atoms with van der Waals surface area (Å²) >= 11 is 11.8. The lowest BCUT2D eigenvalue weighted by molar-refractivity contribution is 0.0706. The Morgan fingerprint density at radius 3 is 2.77 bits per heavy atom. The number of nitrogens with one attached hydrogen (secondary N) is 2. The number of fused-ring (bicyclic) bond motifs is 1. The molecule has 7 nitrogen and oxygen atoms in total. The maximum atomic E-state index is 11.3. The summed E-state index contributed by atoms with van der Waals surface area (Å²) in [6, 6.07) is 6.18. The van der Waals surface area contributed by atoms with Crippen molar-refractivity contribution in [1.29, 1.82) is 0 Å². The molecule has 0 unspecified atom stereocenters. The number of halogens is 2. The molecule has 3 aromatic rings. The summed E-state index contributed by atoms with van der Waals surface area (Å²) in [7, 11) is 0. The first kappa shape index (κ1) is 14.6. The maximum absolute atomic E-state index is 11.3. The number of rotatable bonds is 3. The standard InChI is InChI=1S/C13H8Cl2N4O3/c14-7-4-9-10(5-8(7)15)22-13(17-9)18-11-3-6(1-2-16-11)12(20)19-21/h1-5,21H,(H,19,20)(H,16,17,18). The predicted octanol–water partition coefficient (Wildman–Crippen LogP) is 3.39. The molecule has 0 fully saturated rings. The number of carbonyl (C=O) groups is 1. The molecule has 0 aliphatic heterocycles. The fourth-order valence-electron chi connectivity index (χ4n) is 1.79. The first-order chi connectivity index (χ1) is 10.6. The summed E-state index contributed by atoms with van der Waals surface area (Å²) < 4.78 is 5.48. The molecule has 0 atom stereocenters. The summed E-state index contributed by atoms with van der Waals surface area (Å²) in [5, 5.41) is 12.2. The molecule has 22 heavy (non-hydrogen) atoms. The van der Waals surface area contributed by atoms with Crippen molar-refractivity contribution >= 4 is 52.0 Å². The third-order valence-corrected chi connectivity index (χ3v) is 3.51. The lowest BCUT2D eigenvalue weighted by Crippen LogP contribution is -2.18. The van der Waals surface area contributed by atoms with Crippen molar-refractivity contribution < 1.29 is 14.4 Å². The largest absolute Gasteiger partial charge is 0.423 e. The van der Waals surface area contributed by atoms with E-state index in [-0.39, 0.29) is 11.6 Å². The van der Waals surface area contributed by atoms with Gasteiger partial charge in [0.1, 0.15) is 11.3 Å². The molecule has 0 radical (unpaired) electrons. The van der Waals surface area contributed by atoms with Crippen molar-refractivity contribution in [2.24, 2.45) is 0 Å². The molecule has 9 heteroatoms. The number of amides is 1. The summed E-state index contributed by atoms with van der Waals surface area (Å²) in [6.45, 7) is 0. The van der Waals surface area contributed by atoms with Crippen LogP contribution in [0.1, 0.15) is 10.4 Å². The normalized spacial score (nSPS) is 10.7. The number of benzene rings is 1. The van der Waals surface area contributed by atoms with Gasteiger partial charge >= 0.3 is 6.01 Å². The lowest BCUT2D eigenvalue weighted by Gasteiger charge is -2.02. The first-order valence-corrected chi connectivity index (χ1v) is 6.75. The Hall–Kier alpha value is -2.35. The van der Waals surface area contributed by atoms with Crippen LogP contribution in [0.2, 0.25) is 10.0 Å². The number of oxazole rings is 1. The van der Waals surface area contributed by atoms with Crippen molar-refractivity contribution in [2.75, 3.05) is 5.32 Å². The Balaban J connectivity index is 1.91. The Morgan fingerprint density at radius 1 is 1.23 bits per heavy atom. The van der Waals surface area contributed by atoms with Gasteiger partial charge in [-0.15, -0.1) is 0 Å². The SMILES string of the molecule is O=C(NO)c1ccnc(Nc2nc3cc(Cl)c(Cl)cc3o2)c1. The van der Waals surface area contributed by atoms with Gasteiger partial charge in [-0.3, -0.25) is 15.3 Å². The van der Waals surface area contributed by atoms with Crippen molar-refractivity contribution in [3.63, 3.8) is 0 Å². The minimum absolute atomic E-state index is 0.169. The van der Waals surface area contributed by atoms with Gasteiger partial charge in [0.25, 0.3) is 5.91 Å². The number of nitrogens with zero attached hydrogens (tertiary/aromatic N) is 2. The Morgan fingerprint density at radius 2 is 2.00 bits per heavy atom. The van der Waals surface area contributed by atoms with Gasteiger partial charge in [-0.25, -0.2) is 10.5 Å². The van der Waals surface area contributed by atoms with Crippen LogP contribution >= 0.6 is 23.2 Å². The highest BCUT2D eigenvalue weighted by Gasteiger charge is 2.11. The van der Waals surface area contributed by atoms with E-state index < -0.39 is 5.91 Å². The predicted molar refractivity (Wildman–Crippen MR) is 80.8 cm³/mol. The second-order valence-electron chi connectivity index (χ2n) is 4.25. The zero-order valence-corrected chi connectivity index (χ0v) is 12.3. The number of carbonyl (C=O) groups excluding carboxylic acids is 1. The average Bonchev–Trinajstić information content (AvgIpc) is 2.88. The van der Waals surface area contributed by atoms with E-state index in [2.05, 4.69) is 15.3 Å². The van der Waals surface area contributed by atoms with E-state index in [4.69, 9.17) is 32.8 Å². The van der Waals surface area contributed by atoms with E-state index in [9.17, 15) is 4.79 Å². The Bertz CT molecular complexity index is 827. The van der Waals surface area contributed by atoms with E-state index >= 15 is 0 Å². The van der Waals surface area contributed by atoms with Crippen molar-refractivity contribution in [3.8, 4) is 0 Å². The van der Waals surface area contributed by atoms with E-state index in [1.807, 2.05) is 0 Å². The van der Waals surface area contributed by atoms with Crippen LogP contribution in [-0.4, -0.2) is 21.1 Å². The summed E-state index contributed by atoms with van der Waals surface area (Å²) in [5.74, 6) is -0.327. The molecule has 1 aromatic carbocycles. The fraction of sp³-hybridized carbons (Fsp3) is 0. The molecule has 0 bridgehead atoms. The van der Waals surface area contributed by atoms with Gasteiger partial charge in [0, 0.05) is 17.8 Å². The van der Waals surface area contributed by atoms with Gasteiger partial charge in [0.15, 0.2) is 5.58 Å². The summed E-state index contributed by atoms with van der Waals surface area (Å²) in [6.07, 6.45) is 1.41. The number of hydrogen-bond acceptors (Lipinski definition) is 6. The third kappa shape index (κ3) is 2.82. The van der Waals surface area contributed by atoms with Gasteiger partial charge in [0.2, 0.25) is 0 Å². The lowest BCUT2D eigenvalue weighted by atomic mass is 10.2. The van der Waals surface area contributed by atoms with Crippen LogP contribution in [0.4, 0.5) is 11.8 Å². The van der Waals surface area contributed by atoms with Crippen LogP contribution in [-0.2, 0) is 0 Å². The van der Waals surface area contributed by atoms with E-state index in [0.717, 1.165) is 0 Å². The van der Waals surface area contributed by atoms with Crippen LogP contribution in [0.3, 0.4) is 0 Å². The number of hydrogen-bond donors (Lipinski definition) is 3. The fourth-order valence-corrected chi connectivity index (χ4v) is 2.10. The highest BCUT2D eigenvalue weighted by Crippen LogP contribution is 2.30. The third-order valence-electron chi connectivity index (χ3n) is 2.79. The molecule has 1 amide bonds. The van der Waals surface area contributed by atoms with Crippen LogP contribution < -0.4 is 10.8 Å². The minimum Gasteiger partial charge on any atom is -0.423 e. The van der Waals surface area contributed by atoms with E-state index in [0.29, 0.717) is 27.0 Å². The second-order valence-corrected chi connectivity index (χ2v) is 5.06. The van der Waals surface area contributed by atoms with Crippen molar-refractivity contribution in [2.45, 2.75) is 0 Å². The van der Waals surface area contributed by atoms with Gasteiger partial charge in [0.05, 0.1) is 10.0 Å². The first-order valence-electron chi connectivity index (χ1n) is 6.00. The van der Waals surface area contributed by atoms with E-state index in [1.165, 1.54) is 18.3 Å². The van der Waals surface area contributed by atoms with Crippen LogP contribution in [0.5, 0.6) is 0 Å². The van der Waals surface area contributed by atoms with Gasteiger partial charge < -0.3 is 4.42 Å². The van der Waals surface area contributed by atoms with Crippen LogP contribution in [0.25, 0.3) is 11.1 Å². The molecule has 0 spiro atoms. The molecule has 2 heterocycles. The maximum Gasteiger partial charge on any atom is 0.301 e. The number of hydroxylamine groups is 1. The minimum atomic E-state index is -0.651. The smallest absolute Gasteiger partial charge is 0.301 e. The zero-order valence-electron chi connectivity index (χ0n) is 10.8. The molecule has 3 rings (SSSR count). The molecule has 0 aliphatic carbocycles. The van der Waals surface area contributed by atoms with Gasteiger partial charge in [-0.1, -0.05) is 23.2 Å². The quantitative estimate of drug-likeness (QED) is 0.500. The van der Waals surface area contributed by atoms with Crippen LogP contribution in [0.15, 0.2) is 34.9 Å². The molecular formula is C13H8Cl2N4O3. The second kappa shape index (κ2) is 5.80. The molecule has 3 N–H and O–H groups in total. The van der Waals surface area contributed by atoms with Crippen molar-refractivity contribution in [1.82, 2.24) is 15.4 Å². The topological polar surface area (TPSA) is 100 Å². The highest BCUT2D eigenvalue weighted by molar-refractivity contribution is 6.42. The molecular weight excluding hydrogens is 331 g/mol. The highest BCUT2D eigenvalue weighted by atomic mass is 35.5. The van der Waals surface area contributed by atoms with E-state index in [1.54, 1.807) is 17.6 Å². The molecule has 2 aromatic heterocycles.